The molecule has 0 aliphatic rings. The highest BCUT2D eigenvalue weighted by Crippen LogP contribution is 1.82. The Labute approximate surface area is 30.6 Å². The summed E-state index contributed by atoms with van der Waals surface area (Å²) in [5.74, 6) is 0. The van der Waals surface area contributed by atoms with Gasteiger partial charge in [0.2, 0.25) is 15.6 Å². The lowest BCUT2D eigenvalue weighted by molar-refractivity contribution is 0.191. The molecule has 0 bridgehead atoms. The smallest absolute Gasteiger partial charge is 0.249 e. The first-order valence-electron chi connectivity index (χ1n) is 1.12. The molecule has 0 atom stereocenters. The van der Waals surface area contributed by atoms with Crippen molar-refractivity contribution in [3.8, 4) is 0 Å². The number of nitrogens with zero attached hydrogens (tertiary/aromatic N) is 1. The van der Waals surface area contributed by atoms with Crippen LogP contribution in [0.2, 0.25) is 0 Å². The van der Waals surface area contributed by atoms with Crippen LogP contribution in [-0.2, 0) is 0 Å². The second-order valence-electron chi connectivity index (χ2n) is 0.555. The summed E-state index contributed by atoms with van der Waals surface area (Å²) in [5, 5.41) is 0.937. The van der Waals surface area contributed by atoms with E-state index in [1.807, 2.05) is 0 Å². The van der Waals surface area contributed by atoms with Crippen LogP contribution in [0.4, 0.5) is 0 Å². The van der Waals surface area contributed by atoms with Crippen LogP contribution in [0.5, 0.6) is 0 Å². The molecule has 0 radical (unpaired) electrons. The van der Waals surface area contributed by atoms with Gasteiger partial charge in [-0.1, -0.05) is 9.36 Å². The Balaban J connectivity index is 2.35. The van der Waals surface area contributed by atoms with Crippen LogP contribution >= 0.6 is 0 Å². The second kappa shape index (κ2) is 0.680. The highest BCUT2D eigenvalue weighted by molar-refractivity contribution is 5.98. The Kier molecular flexibility index (Phi) is 0.360. The molecule has 0 saturated carbocycles. The maximum absolute atomic E-state index is 4.39. The van der Waals surface area contributed by atoms with Gasteiger partial charge in [0.05, 0.1) is 0 Å². The molecule has 0 fully saturated rings. The highest BCUT2D eigenvalue weighted by atomic mass is 28.2. The van der Waals surface area contributed by atoms with Crippen LogP contribution in [0.15, 0.2) is 9.36 Å². The van der Waals surface area contributed by atoms with Gasteiger partial charge in [-0.25, -0.2) is 0 Å². The van der Waals surface area contributed by atoms with Crippen molar-refractivity contribution in [3.05, 3.63) is 0 Å². The molecule has 1 heterocycles. The normalized spacial score (nSPS) is 9.60. The topological polar surface area (TPSA) is 40.4 Å². The van der Waals surface area contributed by atoms with Crippen LogP contribution in [0.1, 0.15) is 0 Å². The molecule has 5 heteroatoms. The van der Waals surface area contributed by atoms with E-state index in [2.05, 4.69) is 13.9 Å². The van der Waals surface area contributed by atoms with Crippen LogP contribution in [-0.4, -0.2) is 15.6 Å². The van der Waals surface area contributed by atoms with Crippen molar-refractivity contribution in [3.63, 3.8) is 0 Å². The zero-order chi connectivity index (χ0) is 3.70. The molecule has 5 heavy (non-hydrogen) atoms. The van der Waals surface area contributed by atoms with Gasteiger partial charge in [0.1, 0.15) is 0 Å². The zero-order valence-electron chi connectivity index (χ0n) is 2.67. The van der Waals surface area contributed by atoms with Crippen LogP contribution in [0, 0.1) is 0 Å². The first-order valence-corrected chi connectivity index (χ1v) is 1.94. The van der Waals surface area contributed by atoms with E-state index in [0.717, 1.165) is 5.08 Å². The molecular formula is H3NO3Si. The van der Waals surface area contributed by atoms with E-state index in [9.17, 15) is 0 Å². The average Bonchev–Trinajstić information content (AvgIpc) is 2.12. The van der Waals surface area contributed by atoms with Crippen molar-refractivity contribution in [1.82, 2.24) is 5.08 Å². The van der Waals surface area contributed by atoms with Crippen LogP contribution < -0.4 is 4.53 Å². The lowest BCUT2D eigenvalue weighted by Gasteiger charge is -1.69. The molecule has 0 aromatic carbocycles. The quantitative estimate of drug-likeness (QED) is 0.309. The minimum Gasteiger partial charge on any atom is -0.425 e. The molecule has 4 nitrogen and oxygen atoms in total. The van der Waals surface area contributed by atoms with Gasteiger partial charge in [-0.05, 0) is 0 Å². The van der Waals surface area contributed by atoms with Crippen LogP contribution in [0.25, 0.3) is 0 Å². The maximum atomic E-state index is 4.39. The molecule has 0 N–H and O–H groups in total. The average molecular weight is 93.1 g/mol. The lowest BCUT2D eigenvalue weighted by Crippen LogP contribution is -1.93. The number of hydrogen-bond acceptors (Lipinski definition) is 3. The summed E-state index contributed by atoms with van der Waals surface area (Å²) in [6.45, 7) is 0. The summed E-state index contributed by atoms with van der Waals surface area (Å²) in [5.41, 5.74) is 0. The molecule has 0 aliphatic heterocycles. The third kappa shape index (κ3) is 0.352. The molecule has 0 saturated heterocycles. The Morgan fingerprint density at radius 2 is 2.20 bits per heavy atom. The van der Waals surface area contributed by atoms with Crippen molar-refractivity contribution < 1.29 is 13.9 Å². The second-order valence-corrected chi connectivity index (χ2v) is 0.920. The summed E-state index contributed by atoms with van der Waals surface area (Å²) in [7, 11) is 0.612. The molecular weight excluding hydrogens is 90.1 g/mol. The minimum atomic E-state index is 0.612. The first-order chi connectivity index (χ1) is 2.43. The van der Waals surface area contributed by atoms with E-state index in [4.69, 9.17) is 0 Å². The summed E-state index contributed by atoms with van der Waals surface area (Å²) in [6, 6.07) is 0. The van der Waals surface area contributed by atoms with Gasteiger partial charge in [0.25, 0.3) is 0 Å². The van der Waals surface area contributed by atoms with Crippen molar-refractivity contribution in [1.29, 1.82) is 0 Å². The van der Waals surface area contributed by atoms with E-state index in [-0.39, 0.29) is 0 Å². The van der Waals surface area contributed by atoms with Crippen molar-refractivity contribution >= 4 is 10.5 Å². The van der Waals surface area contributed by atoms with E-state index in [1.54, 1.807) is 0 Å². The Bertz CT molecular complexity index is 75.3. The first kappa shape index (κ1) is 2.64. The van der Waals surface area contributed by atoms with E-state index >= 15 is 0 Å². The fraction of sp³-hybridized carbons (Fsp3) is 0. The van der Waals surface area contributed by atoms with E-state index < -0.39 is 0 Å². The molecule has 1 aromatic rings. The molecule has 0 amide bonds. The summed E-state index contributed by atoms with van der Waals surface area (Å²) in [4.78, 5) is 0. The SMILES string of the molecule is [SiH3]On1oo1. The zero-order valence-corrected chi connectivity index (χ0v) is 4.67. The third-order valence-corrected chi connectivity index (χ3v) is 0.583. The van der Waals surface area contributed by atoms with Crippen molar-refractivity contribution in [2.45, 2.75) is 0 Å². The standard InChI is InChI=1S/H3NO3Si/c5-4-1-2-3-1/h5H3. The number of hydrogen-bond donors (Lipinski definition) is 0. The molecule has 0 spiro atoms. The minimum absolute atomic E-state index is 0.612. The Hall–Kier alpha value is -0.583. The summed E-state index contributed by atoms with van der Waals surface area (Å²) in [6.07, 6.45) is 0. The largest absolute Gasteiger partial charge is 0.425 e. The molecule has 1 rings (SSSR count). The monoisotopic (exact) mass is 93.0 g/mol. The number of aromatic nitrogens is 1. The van der Waals surface area contributed by atoms with Crippen molar-refractivity contribution in [2.24, 2.45) is 0 Å². The molecule has 1 aromatic heterocycles. The highest BCUT2D eigenvalue weighted by Gasteiger charge is 1.91. The Morgan fingerprint density at radius 1 is 1.60 bits per heavy atom. The predicted octanol–water partition coefficient (Wildman–Crippen LogP) is -1.62. The summed E-state index contributed by atoms with van der Waals surface area (Å²) >= 11 is 0. The maximum Gasteiger partial charge on any atom is 0.249 e. The predicted molar refractivity (Wildman–Crippen MR) is 15.5 cm³/mol. The van der Waals surface area contributed by atoms with Gasteiger partial charge in [-0.15, -0.1) is 0 Å². The van der Waals surface area contributed by atoms with E-state index in [1.165, 1.54) is 0 Å². The fourth-order valence-electron chi connectivity index (χ4n) is 0.0745. The van der Waals surface area contributed by atoms with E-state index in [0.29, 0.717) is 10.5 Å². The molecule has 30 valence electrons. The summed E-state index contributed by atoms with van der Waals surface area (Å²) < 4.78 is 12.4. The van der Waals surface area contributed by atoms with Gasteiger partial charge in [-0.3, -0.25) is 0 Å². The van der Waals surface area contributed by atoms with Crippen molar-refractivity contribution in [2.75, 3.05) is 0 Å². The Morgan fingerprint density at radius 3 is 2.20 bits per heavy atom. The van der Waals surface area contributed by atoms with Gasteiger partial charge in [0.15, 0.2) is 0 Å². The number of rotatable bonds is 1. The van der Waals surface area contributed by atoms with Gasteiger partial charge >= 0.3 is 0 Å². The lowest BCUT2D eigenvalue weighted by atomic mass is 13.3. The third-order valence-electron chi connectivity index (χ3n) is 0.284. The fourth-order valence-corrected chi connectivity index (χ4v) is 0.196. The molecule has 0 aliphatic carbocycles. The van der Waals surface area contributed by atoms with Crippen LogP contribution in [0.3, 0.4) is 0 Å². The molecule has 0 unspecified atom stereocenters. The van der Waals surface area contributed by atoms with Gasteiger partial charge < -0.3 is 4.53 Å². The van der Waals surface area contributed by atoms with Gasteiger partial charge in [0, 0.05) is 0 Å². The van der Waals surface area contributed by atoms with Gasteiger partial charge in [-0.2, -0.15) is 0 Å².